The highest BCUT2D eigenvalue weighted by molar-refractivity contribution is 6.10. The van der Waals surface area contributed by atoms with Crippen LogP contribution in [0.1, 0.15) is 37.7 Å². The Balaban J connectivity index is 1.36. The Morgan fingerprint density at radius 2 is 1.43 bits per heavy atom. The number of carbonyl (C=O) groups excluding carboxylic acids is 2. The maximum atomic E-state index is 14.2. The van der Waals surface area contributed by atoms with Gasteiger partial charge >= 0.3 is 0 Å². The number of benzene rings is 4. The van der Waals surface area contributed by atoms with Gasteiger partial charge in [-0.2, -0.15) is 5.10 Å². The van der Waals surface area contributed by atoms with Crippen LogP contribution in [0.2, 0.25) is 0 Å². The van der Waals surface area contributed by atoms with Crippen LogP contribution in [0.25, 0.3) is 5.69 Å². The summed E-state index contributed by atoms with van der Waals surface area (Å²) in [4.78, 5) is 31.7. The average molecular weight is 557 g/mol. The van der Waals surface area contributed by atoms with Gasteiger partial charge in [-0.25, -0.2) is 4.68 Å². The van der Waals surface area contributed by atoms with Gasteiger partial charge in [-0.05, 0) is 66.9 Å². The van der Waals surface area contributed by atoms with Crippen LogP contribution in [-0.4, -0.2) is 46.3 Å². The van der Waals surface area contributed by atoms with E-state index in [1.807, 2.05) is 109 Å². The van der Waals surface area contributed by atoms with E-state index in [9.17, 15) is 9.59 Å². The number of aromatic nitrogens is 2. The third-order valence-electron chi connectivity index (χ3n) is 7.68. The molecule has 2 amide bonds. The number of hydrogen-bond acceptors (Lipinski definition) is 4. The minimum absolute atomic E-state index is 0.0911. The smallest absolute Gasteiger partial charge is 0.283 e. The molecule has 7 nitrogen and oxygen atoms in total. The summed E-state index contributed by atoms with van der Waals surface area (Å²) in [6.45, 7) is 2.84. The first-order valence-electron chi connectivity index (χ1n) is 14.0. The Labute approximate surface area is 245 Å². The number of amides is 2. The van der Waals surface area contributed by atoms with E-state index in [1.54, 1.807) is 22.8 Å². The number of para-hydroxylation sites is 3. The van der Waals surface area contributed by atoms with Gasteiger partial charge in [-0.1, -0.05) is 72.8 Å². The molecule has 4 aromatic carbocycles. The lowest BCUT2D eigenvalue weighted by Gasteiger charge is -2.37. The van der Waals surface area contributed by atoms with E-state index in [1.165, 1.54) is 5.56 Å². The standard InChI is InChI=1S/C35H32N4O3/c1-25-21-32(35(41)38(28-15-5-3-6-16-28)29-17-7-4-8-18-29)36-39(25)33-20-12-11-19-31(33)34(40)37-23-27-14-10-9-13-26(27)22-30(37)24-42-2/h3-21,30H,22-24H2,1-2H3/t30-/m0/s1. The van der Waals surface area contributed by atoms with Gasteiger partial charge in [-0.15, -0.1) is 0 Å². The van der Waals surface area contributed by atoms with Gasteiger partial charge in [0.1, 0.15) is 0 Å². The molecule has 0 spiro atoms. The highest BCUT2D eigenvalue weighted by atomic mass is 16.5. The zero-order valence-corrected chi connectivity index (χ0v) is 23.7. The molecule has 0 saturated heterocycles. The molecule has 6 rings (SSSR count). The highest BCUT2D eigenvalue weighted by Gasteiger charge is 2.32. The number of fused-ring (bicyclic) bond motifs is 1. The van der Waals surface area contributed by atoms with Crippen LogP contribution in [0.15, 0.2) is 115 Å². The fourth-order valence-electron chi connectivity index (χ4n) is 5.64. The largest absolute Gasteiger partial charge is 0.383 e. The lowest BCUT2D eigenvalue weighted by atomic mass is 9.93. The number of anilines is 2. The monoisotopic (exact) mass is 556 g/mol. The summed E-state index contributed by atoms with van der Waals surface area (Å²) in [5.74, 6) is -0.356. The molecule has 0 saturated carbocycles. The molecule has 1 aromatic heterocycles. The predicted molar refractivity (Wildman–Crippen MR) is 163 cm³/mol. The summed E-state index contributed by atoms with van der Waals surface area (Å²) in [6.07, 6.45) is 0.728. The molecule has 0 N–H and O–H groups in total. The third-order valence-corrected chi connectivity index (χ3v) is 7.68. The van der Waals surface area contributed by atoms with E-state index in [0.29, 0.717) is 24.4 Å². The summed E-state index contributed by atoms with van der Waals surface area (Å²) in [7, 11) is 1.66. The van der Waals surface area contributed by atoms with Crippen LogP contribution in [0.3, 0.4) is 0 Å². The summed E-state index contributed by atoms with van der Waals surface area (Å²) in [6, 6.07) is 36.4. The van der Waals surface area contributed by atoms with Crippen LogP contribution >= 0.6 is 0 Å². The maximum absolute atomic E-state index is 14.2. The fraction of sp³-hybridized carbons (Fsp3) is 0.171. The quantitative estimate of drug-likeness (QED) is 0.234. The van der Waals surface area contributed by atoms with Crippen LogP contribution < -0.4 is 4.90 Å². The molecular formula is C35H32N4O3. The molecule has 42 heavy (non-hydrogen) atoms. The van der Waals surface area contributed by atoms with Crippen LogP contribution in [-0.2, 0) is 17.7 Å². The first-order valence-corrected chi connectivity index (χ1v) is 14.0. The topological polar surface area (TPSA) is 67.7 Å². The third kappa shape index (κ3) is 5.22. The van der Waals surface area contributed by atoms with E-state index in [-0.39, 0.29) is 23.6 Å². The molecule has 7 heteroatoms. The fourth-order valence-corrected chi connectivity index (χ4v) is 5.64. The van der Waals surface area contributed by atoms with Crippen molar-refractivity contribution in [3.8, 4) is 5.69 Å². The number of methoxy groups -OCH3 is 1. The van der Waals surface area contributed by atoms with Crippen molar-refractivity contribution in [1.29, 1.82) is 0 Å². The molecule has 0 aliphatic carbocycles. The predicted octanol–water partition coefficient (Wildman–Crippen LogP) is 6.37. The van der Waals surface area contributed by atoms with Gasteiger partial charge in [0.05, 0.1) is 23.9 Å². The van der Waals surface area contributed by atoms with Crippen molar-refractivity contribution in [3.63, 3.8) is 0 Å². The number of hydrogen-bond donors (Lipinski definition) is 0. The second-order valence-corrected chi connectivity index (χ2v) is 10.4. The van der Waals surface area contributed by atoms with Crippen molar-refractivity contribution in [2.45, 2.75) is 25.9 Å². The molecule has 0 unspecified atom stereocenters. The number of nitrogens with zero attached hydrogens (tertiary/aromatic N) is 4. The molecule has 1 aliphatic heterocycles. The van der Waals surface area contributed by atoms with Gasteiger partial charge in [0.15, 0.2) is 5.69 Å². The van der Waals surface area contributed by atoms with Gasteiger partial charge in [0.25, 0.3) is 11.8 Å². The van der Waals surface area contributed by atoms with E-state index in [4.69, 9.17) is 9.84 Å². The van der Waals surface area contributed by atoms with Crippen LogP contribution in [0.5, 0.6) is 0 Å². The van der Waals surface area contributed by atoms with E-state index in [2.05, 4.69) is 12.1 Å². The zero-order chi connectivity index (χ0) is 29.1. The maximum Gasteiger partial charge on any atom is 0.283 e. The van der Waals surface area contributed by atoms with Crippen molar-refractivity contribution in [1.82, 2.24) is 14.7 Å². The van der Waals surface area contributed by atoms with Gasteiger partial charge in [0, 0.05) is 30.7 Å². The molecule has 1 aliphatic rings. The molecule has 2 heterocycles. The number of carbonyl (C=O) groups is 2. The molecule has 0 radical (unpaired) electrons. The summed E-state index contributed by atoms with van der Waals surface area (Å²) >= 11 is 0. The minimum atomic E-state index is -0.258. The van der Waals surface area contributed by atoms with E-state index < -0.39 is 0 Å². The van der Waals surface area contributed by atoms with Crippen molar-refractivity contribution in [2.75, 3.05) is 18.6 Å². The van der Waals surface area contributed by atoms with Gasteiger partial charge in [0.2, 0.25) is 0 Å². The molecule has 1 atom stereocenters. The number of ether oxygens (including phenoxy) is 1. The Morgan fingerprint density at radius 1 is 0.833 bits per heavy atom. The Bertz CT molecular complexity index is 1680. The van der Waals surface area contributed by atoms with Gasteiger partial charge in [-0.3, -0.25) is 14.5 Å². The van der Waals surface area contributed by atoms with Gasteiger partial charge < -0.3 is 9.64 Å². The number of rotatable bonds is 7. The average Bonchev–Trinajstić information content (AvgIpc) is 3.43. The lowest BCUT2D eigenvalue weighted by molar-refractivity contribution is 0.0477. The van der Waals surface area contributed by atoms with E-state index in [0.717, 1.165) is 29.1 Å². The Morgan fingerprint density at radius 3 is 2.10 bits per heavy atom. The second-order valence-electron chi connectivity index (χ2n) is 10.4. The SMILES string of the molecule is COC[C@@H]1Cc2ccccc2CN1C(=O)c1ccccc1-n1nc(C(=O)N(c2ccccc2)c2ccccc2)cc1C. The Kier molecular flexibility index (Phi) is 7.66. The normalized spacial score (nSPS) is 14.3. The second kappa shape index (κ2) is 11.8. The number of aryl methyl sites for hydroxylation is 1. The molecular weight excluding hydrogens is 524 g/mol. The first kappa shape index (κ1) is 27.2. The zero-order valence-electron chi connectivity index (χ0n) is 23.7. The van der Waals surface area contributed by atoms with Crippen LogP contribution in [0.4, 0.5) is 11.4 Å². The molecule has 5 aromatic rings. The molecule has 0 bridgehead atoms. The van der Waals surface area contributed by atoms with Crippen molar-refractivity contribution >= 4 is 23.2 Å². The summed E-state index contributed by atoms with van der Waals surface area (Å²) in [5, 5.41) is 4.76. The summed E-state index contributed by atoms with van der Waals surface area (Å²) < 4.78 is 7.21. The summed E-state index contributed by atoms with van der Waals surface area (Å²) in [5.41, 5.74) is 6.04. The molecule has 210 valence electrons. The van der Waals surface area contributed by atoms with Crippen LogP contribution in [0, 0.1) is 6.92 Å². The van der Waals surface area contributed by atoms with Crippen molar-refractivity contribution in [2.24, 2.45) is 0 Å². The molecule has 0 fully saturated rings. The van der Waals surface area contributed by atoms with Crippen molar-refractivity contribution in [3.05, 3.63) is 143 Å². The minimum Gasteiger partial charge on any atom is -0.383 e. The highest BCUT2D eigenvalue weighted by Crippen LogP contribution is 2.30. The lowest BCUT2D eigenvalue weighted by Crippen LogP contribution is -2.46. The first-order chi connectivity index (χ1) is 20.5. The van der Waals surface area contributed by atoms with Crippen molar-refractivity contribution < 1.29 is 14.3 Å². The van der Waals surface area contributed by atoms with E-state index >= 15 is 0 Å². The Hall–Kier alpha value is -5.01.